The van der Waals surface area contributed by atoms with E-state index < -0.39 is 0 Å². The van der Waals surface area contributed by atoms with Gasteiger partial charge in [-0.2, -0.15) is 11.8 Å². The van der Waals surface area contributed by atoms with E-state index in [1.807, 2.05) is 31.2 Å². The van der Waals surface area contributed by atoms with Crippen molar-refractivity contribution < 1.29 is 4.79 Å². The van der Waals surface area contributed by atoms with Crippen molar-refractivity contribution in [2.24, 2.45) is 0 Å². The fraction of sp³-hybridized carbons (Fsp3) is 0.462. The first-order valence-electron chi connectivity index (χ1n) is 5.68. The summed E-state index contributed by atoms with van der Waals surface area (Å²) in [5.74, 6) is 1.17. The number of carbonyl (C=O) groups excluding carboxylic acids is 1. The Morgan fingerprint density at radius 1 is 1.41 bits per heavy atom. The normalized spacial score (nSPS) is 12.2. The van der Waals surface area contributed by atoms with Crippen LogP contribution in [0.15, 0.2) is 29.2 Å². The van der Waals surface area contributed by atoms with E-state index in [9.17, 15) is 4.79 Å². The van der Waals surface area contributed by atoms with Gasteiger partial charge in [-0.1, -0.05) is 12.1 Å². The van der Waals surface area contributed by atoms with Gasteiger partial charge in [-0.15, -0.1) is 12.6 Å². The molecular weight excluding hydrogens is 250 g/mol. The standard InChI is InChI=1S/C13H19NOS2/c1-10(7-8-17-2)14-13(15)9-11-3-5-12(16)6-4-11/h3-6,10,16H,7-9H2,1-2H3,(H,14,15). The molecule has 1 rings (SSSR count). The predicted molar refractivity (Wildman–Crippen MR) is 78.0 cm³/mol. The van der Waals surface area contributed by atoms with Crippen LogP contribution in [0.4, 0.5) is 0 Å². The van der Waals surface area contributed by atoms with Gasteiger partial charge in [0.2, 0.25) is 5.91 Å². The molecule has 0 aliphatic carbocycles. The van der Waals surface area contributed by atoms with Crippen molar-refractivity contribution in [2.45, 2.75) is 30.7 Å². The van der Waals surface area contributed by atoms with Gasteiger partial charge in [-0.05, 0) is 43.0 Å². The first-order valence-corrected chi connectivity index (χ1v) is 7.52. The molecule has 1 aromatic carbocycles. The number of thioether (sulfide) groups is 1. The third kappa shape index (κ3) is 6.03. The number of nitrogens with one attached hydrogen (secondary N) is 1. The molecular formula is C13H19NOS2. The highest BCUT2D eigenvalue weighted by molar-refractivity contribution is 7.98. The minimum atomic E-state index is 0.0884. The Morgan fingerprint density at radius 2 is 2.06 bits per heavy atom. The van der Waals surface area contributed by atoms with Gasteiger partial charge in [-0.3, -0.25) is 4.79 Å². The van der Waals surface area contributed by atoms with Crippen LogP contribution in [0.1, 0.15) is 18.9 Å². The molecule has 0 spiro atoms. The molecule has 0 saturated heterocycles. The quantitative estimate of drug-likeness (QED) is 0.778. The van der Waals surface area contributed by atoms with Gasteiger partial charge in [0.25, 0.3) is 0 Å². The van der Waals surface area contributed by atoms with Crippen LogP contribution in [-0.2, 0) is 11.2 Å². The Kier molecular flexibility index (Phi) is 6.52. The Morgan fingerprint density at radius 3 is 2.65 bits per heavy atom. The zero-order valence-electron chi connectivity index (χ0n) is 10.3. The summed E-state index contributed by atoms with van der Waals surface area (Å²) in [6.45, 7) is 2.05. The largest absolute Gasteiger partial charge is 0.353 e. The summed E-state index contributed by atoms with van der Waals surface area (Å²) in [6, 6.07) is 7.94. The van der Waals surface area contributed by atoms with E-state index in [-0.39, 0.29) is 11.9 Å². The van der Waals surface area contributed by atoms with Gasteiger partial charge >= 0.3 is 0 Å². The molecule has 0 radical (unpaired) electrons. The molecule has 1 atom stereocenters. The van der Waals surface area contributed by atoms with E-state index in [0.717, 1.165) is 22.6 Å². The molecule has 1 N–H and O–H groups in total. The molecule has 0 aliphatic rings. The van der Waals surface area contributed by atoms with Crippen molar-refractivity contribution in [1.82, 2.24) is 5.32 Å². The molecule has 0 fully saturated rings. The molecule has 1 unspecified atom stereocenters. The van der Waals surface area contributed by atoms with E-state index in [2.05, 4.69) is 24.2 Å². The van der Waals surface area contributed by atoms with Gasteiger partial charge in [-0.25, -0.2) is 0 Å². The molecule has 17 heavy (non-hydrogen) atoms. The Labute approximate surface area is 113 Å². The van der Waals surface area contributed by atoms with Gasteiger partial charge in [0, 0.05) is 10.9 Å². The van der Waals surface area contributed by atoms with E-state index in [0.29, 0.717) is 6.42 Å². The van der Waals surface area contributed by atoms with Crippen molar-refractivity contribution in [3.63, 3.8) is 0 Å². The molecule has 1 aromatic rings. The molecule has 2 nitrogen and oxygen atoms in total. The second kappa shape index (κ2) is 7.67. The van der Waals surface area contributed by atoms with Crippen molar-refractivity contribution in [2.75, 3.05) is 12.0 Å². The molecule has 0 heterocycles. The van der Waals surface area contributed by atoms with Crippen LogP contribution < -0.4 is 5.32 Å². The minimum Gasteiger partial charge on any atom is -0.353 e. The fourth-order valence-corrected chi connectivity index (χ4v) is 2.23. The van der Waals surface area contributed by atoms with Crippen molar-refractivity contribution in [1.29, 1.82) is 0 Å². The molecule has 1 amide bonds. The van der Waals surface area contributed by atoms with Gasteiger partial charge in [0.05, 0.1) is 6.42 Å². The van der Waals surface area contributed by atoms with E-state index in [1.54, 1.807) is 11.8 Å². The van der Waals surface area contributed by atoms with Crippen molar-refractivity contribution >= 4 is 30.3 Å². The maximum atomic E-state index is 11.7. The summed E-state index contributed by atoms with van der Waals surface area (Å²) < 4.78 is 0. The van der Waals surface area contributed by atoms with Crippen LogP contribution in [0.3, 0.4) is 0 Å². The lowest BCUT2D eigenvalue weighted by molar-refractivity contribution is -0.121. The maximum absolute atomic E-state index is 11.7. The van der Waals surface area contributed by atoms with Crippen LogP contribution in [0.25, 0.3) is 0 Å². The maximum Gasteiger partial charge on any atom is 0.224 e. The van der Waals surface area contributed by atoms with E-state index in [1.165, 1.54) is 0 Å². The van der Waals surface area contributed by atoms with Crippen LogP contribution in [0, 0.1) is 0 Å². The minimum absolute atomic E-state index is 0.0884. The number of amides is 1. The lowest BCUT2D eigenvalue weighted by atomic mass is 10.1. The number of hydrogen-bond acceptors (Lipinski definition) is 3. The number of carbonyl (C=O) groups is 1. The first-order chi connectivity index (χ1) is 8.11. The van der Waals surface area contributed by atoms with Crippen LogP contribution in [-0.4, -0.2) is 24.0 Å². The topological polar surface area (TPSA) is 29.1 Å². The number of hydrogen-bond donors (Lipinski definition) is 2. The highest BCUT2D eigenvalue weighted by atomic mass is 32.2. The molecule has 0 bridgehead atoms. The van der Waals surface area contributed by atoms with Crippen molar-refractivity contribution in [3.8, 4) is 0 Å². The third-order valence-electron chi connectivity index (χ3n) is 2.46. The third-order valence-corrected chi connectivity index (χ3v) is 3.41. The molecule has 0 aliphatic heterocycles. The second-order valence-electron chi connectivity index (χ2n) is 4.09. The summed E-state index contributed by atoms with van der Waals surface area (Å²) in [6.07, 6.45) is 3.54. The van der Waals surface area contributed by atoms with E-state index in [4.69, 9.17) is 0 Å². The van der Waals surface area contributed by atoms with Crippen molar-refractivity contribution in [3.05, 3.63) is 29.8 Å². The van der Waals surface area contributed by atoms with Crippen LogP contribution in [0.2, 0.25) is 0 Å². The molecule has 94 valence electrons. The monoisotopic (exact) mass is 269 g/mol. The smallest absolute Gasteiger partial charge is 0.224 e. The summed E-state index contributed by atoms with van der Waals surface area (Å²) >= 11 is 6.02. The highest BCUT2D eigenvalue weighted by Gasteiger charge is 2.07. The Hall–Kier alpha value is -0.610. The Bertz CT molecular complexity index is 351. The summed E-state index contributed by atoms with van der Waals surface area (Å²) in [5.41, 5.74) is 1.03. The summed E-state index contributed by atoms with van der Waals surface area (Å²) in [4.78, 5) is 12.7. The lowest BCUT2D eigenvalue weighted by Crippen LogP contribution is -2.34. The van der Waals surface area contributed by atoms with Crippen LogP contribution >= 0.6 is 24.4 Å². The zero-order valence-corrected chi connectivity index (χ0v) is 12.0. The van der Waals surface area contributed by atoms with Gasteiger partial charge in [0.1, 0.15) is 0 Å². The fourth-order valence-electron chi connectivity index (χ4n) is 1.49. The van der Waals surface area contributed by atoms with Gasteiger partial charge < -0.3 is 5.32 Å². The highest BCUT2D eigenvalue weighted by Crippen LogP contribution is 2.08. The molecule has 0 aromatic heterocycles. The predicted octanol–water partition coefficient (Wildman–Crippen LogP) is 2.78. The molecule has 0 saturated carbocycles. The number of thiol groups is 1. The molecule has 4 heteroatoms. The second-order valence-corrected chi connectivity index (χ2v) is 5.60. The summed E-state index contributed by atoms with van der Waals surface area (Å²) in [5, 5.41) is 3.01. The zero-order chi connectivity index (χ0) is 12.7. The number of rotatable bonds is 6. The number of benzene rings is 1. The average molecular weight is 269 g/mol. The van der Waals surface area contributed by atoms with E-state index >= 15 is 0 Å². The Balaban J connectivity index is 2.36. The average Bonchev–Trinajstić information content (AvgIpc) is 2.29. The first kappa shape index (κ1) is 14.5. The SMILES string of the molecule is CSCCC(C)NC(=O)Cc1ccc(S)cc1. The van der Waals surface area contributed by atoms with Crippen LogP contribution in [0.5, 0.6) is 0 Å². The van der Waals surface area contributed by atoms with Gasteiger partial charge in [0.15, 0.2) is 0 Å². The lowest BCUT2D eigenvalue weighted by Gasteiger charge is -2.13. The summed E-state index contributed by atoms with van der Waals surface area (Å²) in [7, 11) is 0.